The first-order valence-electron chi connectivity index (χ1n) is 6.86. The molecule has 4 heteroatoms. The molecule has 18 heavy (non-hydrogen) atoms. The van der Waals surface area contributed by atoms with Crippen molar-refractivity contribution in [2.24, 2.45) is 11.1 Å². The van der Waals surface area contributed by atoms with Gasteiger partial charge in [0.2, 0.25) is 5.91 Å². The number of nitrogens with one attached hydrogen (secondary N) is 1. The molecule has 0 saturated carbocycles. The molecule has 4 N–H and O–H groups in total. The maximum Gasteiger partial charge on any atom is 0.221 e. The molecule has 108 valence electrons. The molecule has 0 radical (unpaired) electrons. The first kappa shape index (κ1) is 17.4. The van der Waals surface area contributed by atoms with E-state index >= 15 is 0 Å². The average molecular weight is 258 g/mol. The molecule has 0 rings (SSSR count). The lowest BCUT2D eigenvalue weighted by Crippen LogP contribution is -2.43. The van der Waals surface area contributed by atoms with Crippen LogP contribution in [0, 0.1) is 5.41 Å². The summed E-state index contributed by atoms with van der Waals surface area (Å²) in [5, 5.41) is 12.8. The van der Waals surface area contributed by atoms with Crippen molar-refractivity contribution in [3.63, 3.8) is 0 Å². The summed E-state index contributed by atoms with van der Waals surface area (Å²) in [6.45, 7) is 10.5. The van der Waals surface area contributed by atoms with E-state index in [1.807, 2.05) is 13.8 Å². The summed E-state index contributed by atoms with van der Waals surface area (Å²) in [5.74, 6) is -0.0768. The number of hydrogen-bond donors (Lipinski definition) is 3. The van der Waals surface area contributed by atoms with Crippen molar-refractivity contribution in [1.29, 1.82) is 0 Å². The van der Waals surface area contributed by atoms with Gasteiger partial charge in [-0.3, -0.25) is 4.79 Å². The van der Waals surface area contributed by atoms with E-state index < -0.39 is 5.60 Å². The predicted octanol–water partition coefficient (Wildman–Crippen LogP) is 1.81. The second-order valence-corrected chi connectivity index (χ2v) is 6.44. The molecule has 0 saturated heterocycles. The van der Waals surface area contributed by atoms with Gasteiger partial charge in [-0.05, 0) is 24.7 Å². The van der Waals surface area contributed by atoms with Crippen molar-refractivity contribution in [2.45, 2.75) is 71.9 Å². The van der Waals surface area contributed by atoms with Gasteiger partial charge in [-0.15, -0.1) is 0 Å². The molecule has 1 amide bonds. The highest BCUT2D eigenvalue weighted by Gasteiger charge is 2.24. The molecule has 4 nitrogen and oxygen atoms in total. The SMILES string of the molecule is CCC(O)(CC)CNC(=O)CC(N)CC(C)(C)C. The average Bonchev–Trinajstić information content (AvgIpc) is 2.23. The number of amides is 1. The second-order valence-electron chi connectivity index (χ2n) is 6.44. The number of nitrogens with two attached hydrogens (primary N) is 1. The molecular formula is C14H30N2O2. The molecule has 0 fully saturated rings. The van der Waals surface area contributed by atoms with Crippen LogP contribution in [0.15, 0.2) is 0 Å². The monoisotopic (exact) mass is 258 g/mol. The Labute approximate surface area is 111 Å². The van der Waals surface area contributed by atoms with Crippen LogP contribution < -0.4 is 11.1 Å². The minimum absolute atomic E-state index is 0.0768. The Morgan fingerprint density at radius 2 is 1.78 bits per heavy atom. The molecule has 0 aliphatic rings. The Kier molecular flexibility index (Phi) is 6.86. The van der Waals surface area contributed by atoms with E-state index in [1.165, 1.54) is 0 Å². The topological polar surface area (TPSA) is 75.3 Å². The number of rotatable bonds is 7. The first-order chi connectivity index (χ1) is 8.12. The van der Waals surface area contributed by atoms with Crippen molar-refractivity contribution in [3.8, 4) is 0 Å². The fraction of sp³-hybridized carbons (Fsp3) is 0.929. The van der Waals surface area contributed by atoms with E-state index in [9.17, 15) is 9.90 Å². The zero-order chi connectivity index (χ0) is 14.4. The molecule has 0 aliphatic heterocycles. The van der Waals surface area contributed by atoms with Crippen LogP contribution in [0.1, 0.15) is 60.3 Å². The Balaban J connectivity index is 4.05. The summed E-state index contributed by atoms with van der Waals surface area (Å²) in [7, 11) is 0. The second kappa shape index (κ2) is 7.10. The third-order valence-corrected chi connectivity index (χ3v) is 3.25. The fourth-order valence-corrected chi connectivity index (χ4v) is 1.93. The maximum atomic E-state index is 11.7. The molecule has 0 spiro atoms. The van der Waals surface area contributed by atoms with Crippen molar-refractivity contribution < 1.29 is 9.90 Å². The zero-order valence-corrected chi connectivity index (χ0v) is 12.5. The van der Waals surface area contributed by atoms with Gasteiger partial charge >= 0.3 is 0 Å². The quantitative estimate of drug-likeness (QED) is 0.652. The lowest BCUT2D eigenvalue weighted by atomic mass is 9.87. The highest BCUT2D eigenvalue weighted by molar-refractivity contribution is 5.76. The van der Waals surface area contributed by atoms with E-state index in [1.54, 1.807) is 0 Å². The van der Waals surface area contributed by atoms with Gasteiger partial charge in [-0.1, -0.05) is 34.6 Å². The number of carbonyl (C=O) groups excluding carboxylic acids is 1. The van der Waals surface area contributed by atoms with E-state index in [0.29, 0.717) is 25.8 Å². The van der Waals surface area contributed by atoms with Crippen LogP contribution >= 0.6 is 0 Å². The predicted molar refractivity (Wildman–Crippen MR) is 75.2 cm³/mol. The minimum Gasteiger partial charge on any atom is -0.388 e. The molecule has 0 aromatic heterocycles. The molecular weight excluding hydrogens is 228 g/mol. The summed E-state index contributed by atoms with van der Waals surface area (Å²) in [4.78, 5) is 11.7. The highest BCUT2D eigenvalue weighted by atomic mass is 16.3. The van der Waals surface area contributed by atoms with Gasteiger partial charge in [0.15, 0.2) is 0 Å². The summed E-state index contributed by atoms with van der Waals surface area (Å²) < 4.78 is 0. The van der Waals surface area contributed by atoms with Crippen molar-refractivity contribution in [1.82, 2.24) is 5.32 Å². The van der Waals surface area contributed by atoms with Gasteiger partial charge in [-0.25, -0.2) is 0 Å². The van der Waals surface area contributed by atoms with Gasteiger partial charge in [0, 0.05) is 19.0 Å². The van der Waals surface area contributed by atoms with Crippen LogP contribution in [0.4, 0.5) is 0 Å². The number of carbonyl (C=O) groups is 1. The molecule has 1 unspecified atom stereocenters. The van der Waals surface area contributed by atoms with Crippen molar-refractivity contribution >= 4 is 5.91 Å². The molecule has 0 heterocycles. The Hall–Kier alpha value is -0.610. The number of hydrogen-bond acceptors (Lipinski definition) is 3. The highest BCUT2D eigenvalue weighted by Crippen LogP contribution is 2.21. The molecule has 1 atom stereocenters. The summed E-state index contributed by atoms with van der Waals surface area (Å²) in [6.07, 6.45) is 2.41. The summed E-state index contributed by atoms with van der Waals surface area (Å²) >= 11 is 0. The molecule has 0 aromatic rings. The van der Waals surface area contributed by atoms with Crippen LogP contribution in [0.5, 0.6) is 0 Å². The van der Waals surface area contributed by atoms with Crippen LogP contribution in [-0.2, 0) is 4.79 Å². The van der Waals surface area contributed by atoms with E-state index in [2.05, 4.69) is 26.1 Å². The summed E-state index contributed by atoms with van der Waals surface area (Å²) in [5.41, 5.74) is 5.29. The maximum absolute atomic E-state index is 11.7. The Morgan fingerprint density at radius 1 is 1.28 bits per heavy atom. The molecule has 0 bridgehead atoms. The van der Waals surface area contributed by atoms with Crippen molar-refractivity contribution in [2.75, 3.05) is 6.54 Å². The van der Waals surface area contributed by atoms with Gasteiger partial charge < -0.3 is 16.2 Å². The van der Waals surface area contributed by atoms with Crippen LogP contribution in [0.2, 0.25) is 0 Å². The van der Waals surface area contributed by atoms with Gasteiger partial charge in [0.05, 0.1) is 5.60 Å². The van der Waals surface area contributed by atoms with Gasteiger partial charge in [0.1, 0.15) is 0 Å². The van der Waals surface area contributed by atoms with Gasteiger partial charge in [-0.2, -0.15) is 0 Å². The smallest absolute Gasteiger partial charge is 0.221 e. The minimum atomic E-state index is -0.788. The van der Waals surface area contributed by atoms with Gasteiger partial charge in [0.25, 0.3) is 0 Å². The largest absolute Gasteiger partial charge is 0.388 e. The molecule has 0 aliphatic carbocycles. The first-order valence-corrected chi connectivity index (χ1v) is 6.86. The zero-order valence-electron chi connectivity index (χ0n) is 12.5. The lowest BCUT2D eigenvalue weighted by Gasteiger charge is -2.26. The molecule has 0 aromatic carbocycles. The van der Waals surface area contributed by atoms with E-state index in [0.717, 1.165) is 6.42 Å². The van der Waals surface area contributed by atoms with Crippen molar-refractivity contribution in [3.05, 3.63) is 0 Å². The van der Waals surface area contributed by atoms with Crippen LogP contribution in [0.3, 0.4) is 0 Å². The number of aliphatic hydroxyl groups is 1. The Bertz CT molecular complexity index is 255. The standard InChI is InChI=1S/C14H30N2O2/c1-6-14(18,7-2)10-16-12(17)8-11(15)9-13(3,4)5/h11,18H,6-10,15H2,1-5H3,(H,16,17). The Morgan fingerprint density at radius 3 is 2.17 bits per heavy atom. The lowest BCUT2D eigenvalue weighted by molar-refractivity contribution is -0.122. The fourth-order valence-electron chi connectivity index (χ4n) is 1.93. The third-order valence-electron chi connectivity index (χ3n) is 3.25. The normalized spacial score (nSPS) is 14.4. The third kappa shape index (κ3) is 7.67. The van der Waals surface area contributed by atoms with E-state index in [4.69, 9.17) is 5.73 Å². The van der Waals surface area contributed by atoms with Crippen LogP contribution in [-0.4, -0.2) is 29.2 Å². The summed E-state index contributed by atoms with van der Waals surface area (Å²) in [6, 6.07) is -0.124. The van der Waals surface area contributed by atoms with E-state index in [-0.39, 0.29) is 17.4 Å². The van der Waals surface area contributed by atoms with Crippen LogP contribution in [0.25, 0.3) is 0 Å².